The number of amides is 2. The lowest BCUT2D eigenvalue weighted by Gasteiger charge is -2.07. The van der Waals surface area contributed by atoms with Crippen molar-refractivity contribution in [2.45, 2.75) is 26.3 Å². The number of fused-ring (bicyclic) bond motifs is 1. The van der Waals surface area contributed by atoms with Crippen molar-refractivity contribution in [2.75, 3.05) is 0 Å². The molecule has 9 nitrogen and oxygen atoms in total. The standard InChI is InChI=1S/C18H18N2O.C10H9NO5/c19-18(21)12-15-13-20(17-9-5-4-8-16(15)17)11-10-14-6-2-1-3-7-14;1-4-6(9(13)14)2-5(8(11)12)3-7(4)10(15)16/h1-9,13H,10-12H2,(H2,19,21);2-3H,1H3,(H2,11,12)(H,13,14)(H,15,16). The van der Waals surface area contributed by atoms with Crippen LogP contribution in [0.1, 0.15) is 47.8 Å². The molecule has 4 rings (SSSR count). The lowest BCUT2D eigenvalue weighted by atomic mass is 9.98. The van der Waals surface area contributed by atoms with Gasteiger partial charge in [0.25, 0.3) is 0 Å². The molecule has 1 heterocycles. The van der Waals surface area contributed by atoms with E-state index in [0.29, 0.717) is 6.42 Å². The van der Waals surface area contributed by atoms with Crippen LogP contribution in [0.2, 0.25) is 0 Å². The van der Waals surface area contributed by atoms with E-state index < -0.39 is 17.8 Å². The summed E-state index contributed by atoms with van der Waals surface area (Å²) in [6.45, 7) is 2.25. The minimum absolute atomic E-state index is 0.0880. The van der Waals surface area contributed by atoms with Crippen molar-refractivity contribution in [3.8, 4) is 0 Å². The van der Waals surface area contributed by atoms with Crippen molar-refractivity contribution in [3.63, 3.8) is 0 Å². The molecule has 0 aliphatic heterocycles. The quantitative estimate of drug-likeness (QED) is 0.289. The van der Waals surface area contributed by atoms with Gasteiger partial charge in [-0.1, -0.05) is 48.5 Å². The second kappa shape index (κ2) is 11.7. The van der Waals surface area contributed by atoms with Gasteiger partial charge in [-0.2, -0.15) is 0 Å². The van der Waals surface area contributed by atoms with Crippen LogP contribution < -0.4 is 11.5 Å². The first-order valence-electron chi connectivity index (χ1n) is 11.4. The second-order valence-corrected chi connectivity index (χ2v) is 8.41. The van der Waals surface area contributed by atoms with Gasteiger partial charge >= 0.3 is 11.9 Å². The van der Waals surface area contributed by atoms with Crippen LogP contribution in [-0.2, 0) is 24.2 Å². The van der Waals surface area contributed by atoms with Crippen LogP contribution in [0.15, 0.2) is 72.9 Å². The summed E-state index contributed by atoms with van der Waals surface area (Å²) in [5.41, 5.74) is 13.3. The average Bonchev–Trinajstić information content (AvgIpc) is 3.20. The highest BCUT2D eigenvalue weighted by Crippen LogP contribution is 2.22. The number of aromatic nitrogens is 1. The molecule has 0 saturated carbocycles. The molecule has 37 heavy (non-hydrogen) atoms. The maximum absolute atomic E-state index is 11.2. The van der Waals surface area contributed by atoms with Crippen LogP contribution in [-0.4, -0.2) is 38.5 Å². The van der Waals surface area contributed by atoms with E-state index >= 15 is 0 Å². The monoisotopic (exact) mass is 501 g/mol. The normalized spacial score (nSPS) is 10.4. The molecule has 190 valence electrons. The average molecular weight is 502 g/mol. The van der Waals surface area contributed by atoms with Crippen molar-refractivity contribution in [2.24, 2.45) is 11.5 Å². The predicted molar refractivity (Wildman–Crippen MR) is 139 cm³/mol. The van der Waals surface area contributed by atoms with Crippen LogP contribution in [0, 0.1) is 6.92 Å². The van der Waals surface area contributed by atoms with Crippen molar-refractivity contribution >= 4 is 34.7 Å². The van der Waals surface area contributed by atoms with Gasteiger partial charge in [0.1, 0.15) is 0 Å². The highest BCUT2D eigenvalue weighted by Gasteiger charge is 2.18. The van der Waals surface area contributed by atoms with E-state index in [1.54, 1.807) is 0 Å². The van der Waals surface area contributed by atoms with Gasteiger partial charge in [-0.15, -0.1) is 0 Å². The Morgan fingerprint density at radius 1 is 0.838 bits per heavy atom. The van der Waals surface area contributed by atoms with Crippen LogP contribution in [0.4, 0.5) is 0 Å². The number of para-hydroxylation sites is 1. The smallest absolute Gasteiger partial charge is 0.336 e. The summed E-state index contributed by atoms with van der Waals surface area (Å²) < 4.78 is 2.21. The molecule has 0 fully saturated rings. The molecular formula is C28H27N3O6. The molecule has 0 aliphatic rings. The summed E-state index contributed by atoms with van der Waals surface area (Å²) in [6.07, 6.45) is 3.31. The van der Waals surface area contributed by atoms with Gasteiger partial charge in [-0.25, -0.2) is 9.59 Å². The van der Waals surface area contributed by atoms with Crippen LogP contribution in [0.5, 0.6) is 0 Å². The first kappa shape index (κ1) is 26.7. The minimum Gasteiger partial charge on any atom is -0.478 e. The number of carbonyl (C=O) groups is 4. The zero-order valence-electron chi connectivity index (χ0n) is 20.2. The van der Waals surface area contributed by atoms with Gasteiger partial charge in [0.2, 0.25) is 11.8 Å². The van der Waals surface area contributed by atoms with Crippen molar-refractivity contribution in [1.82, 2.24) is 4.57 Å². The molecule has 0 unspecified atom stereocenters. The zero-order chi connectivity index (χ0) is 27.1. The van der Waals surface area contributed by atoms with Gasteiger partial charge in [-0.05, 0) is 48.2 Å². The number of carbonyl (C=O) groups excluding carboxylic acids is 2. The topological polar surface area (TPSA) is 166 Å². The minimum atomic E-state index is -1.30. The summed E-state index contributed by atoms with van der Waals surface area (Å²) in [4.78, 5) is 43.8. The maximum Gasteiger partial charge on any atom is 0.336 e. The van der Waals surface area contributed by atoms with Gasteiger partial charge in [0, 0.05) is 29.2 Å². The third kappa shape index (κ3) is 6.61. The molecule has 4 aromatic rings. The molecule has 9 heteroatoms. The molecule has 0 spiro atoms. The van der Waals surface area contributed by atoms with E-state index in [-0.39, 0.29) is 28.2 Å². The Balaban J connectivity index is 0.000000214. The molecule has 1 aromatic heterocycles. The van der Waals surface area contributed by atoms with Gasteiger partial charge in [-0.3, -0.25) is 9.59 Å². The molecule has 6 N–H and O–H groups in total. The van der Waals surface area contributed by atoms with Crippen molar-refractivity contribution < 1.29 is 29.4 Å². The van der Waals surface area contributed by atoms with Gasteiger partial charge < -0.3 is 26.2 Å². The fraction of sp³-hybridized carbons (Fsp3) is 0.143. The first-order chi connectivity index (χ1) is 17.6. The number of primary amides is 2. The number of hydrogen-bond donors (Lipinski definition) is 4. The predicted octanol–water partition coefficient (Wildman–Crippen LogP) is 3.40. The van der Waals surface area contributed by atoms with E-state index in [1.807, 2.05) is 24.3 Å². The molecule has 0 saturated heterocycles. The Bertz CT molecular complexity index is 1440. The van der Waals surface area contributed by atoms with Crippen LogP contribution >= 0.6 is 0 Å². The van der Waals surface area contributed by atoms with E-state index in [1.165, 1.54) is 12.5 Å². The Labute approximate surface area is 212 Å². The third-order valence-electron chi connectivity index (χ3n) is 5.87. The number of hydrogen-bond acceptors (Lipinski definition) is 4. The largest absolute Gasteiger partial charge is 0.478 e. The molecule has 0 atom stereocenters. The zero-order valence-corrected chi connectivity index (χ0v) is 20.2. The number of carboxylic acids is 2. The maximum atomic E-state index is 11.2. The Kier molecular flexibility index (Phi) is 8.42. The van der Waals surface area contributed by atoms with E-state index in [9.17, 15) is 19.2 Å². The Hall–Kier alpha value is -4.92. The molecule has 0 radical (unpaired) electrons. The number of aryl methyl sites for hydroxylation is 2. The highest BCUT2D eigenvalue weighted by molar-refractivity contribution is 6.02. The number of nitrogens with two attached hydrogens (primary N) is 2. The Morgan fingerprint density at radius 2 is 1.41 bits per heavy atom. The van der Waals surface area contributed by atoms with Gasteiger partial charge in [0.15, 0.2) is 0 Å². The lowest BCUT2D eigenvalue weighted by molar-refractivity contribution is -0.117. The second-order valence-electron chi connectivity index (χ2n) is 8.41. The van der Waals surface area contributed by atoms with Crippen molar-refractivity contribution in [1.29, 1.82) is 0 Å². The highest BCUT2D eigenvalue weighted by atomic mass is 16.4. The third-order valence-corrected chi connectivity index (χ3v) is 5.87. The number of rotatable bonds is 8. The van der Waals surface area contributed by atoms with Crippen LogP contribution in [0.3, 0.4) is 0 Å². The number of nitrogens with zero attached hydrogens (tertiary/aromatic N) is 1. The molecule has 0 bridgehead atoms. The first-order valence-corrected chi connectivity index (χ1v) is 11.4. The summed E-state index contributed by atoms with van der Waals surface area (Å²) >= 11 is 0. The van der Waals surface area contributed by atoms with E-state index in [2.05, 4.69) is 41.1 Å². The fourth-order valence-electron chi connectivity index (χ4n) is 4.03. The van der Waals surface area contributed by atoms with Gasteiger partial charge in [0.05, 0.1) is 17.5 Å². The number of carboxylic acid groups (broad SMARTS) is 2. The SMILES string of the molecule is Cc1c(C(=O)O)cc(C(N)=O)cc1C(=O)O.NC(=O)Cc1cn(CCc2ccccc2)c2ccccc12. The molecule has 0 aliphatic carbocycles. The fourth-order valence-corrected chi connectivity index (χ4v) is 4.03. The lowest BCUT2D eigenvalue weighted by Crippen LogP contribution is -2.15. The molecule has 3 aromatic carbocycles. The summed E-state index contributed by atoms with van der Waals surface area (Å²) in [6, 6.07) is 20.7. The summed E-state index contributed by atoms with van der Waals surface area (Å²) in [5, 5.41) is 18.8. The molecular weight excluding hydrogens is 474 g/mol. The molecule has 2 amide bonds. The number of benzene rings is 3. The summed E-state index contributed by atoms with van der Waals surface area (Å²) in [7, 11) is 0. The summed E-state index contributed by atoms with van der Waals surface area (Å²) in [5.74, 6) is -3.77. The number of aromatic carboxylic acids is 2. The Morgan fingerprint density at radius 3 is 1.95 bits per heavy atom. The van der Waals surface area contributed by atoms with E-state index in [0.717, 1.165) is 41.6 Å². The van der Waals surface area contributed by atoms with Crippen molar-refractivity contribution in [3.05, 3.63) is 106 Å². The van der Waals surface area contributed by atoms with Crippen LogP contribution in [0.25, 0.3) is 10.9 Å². The van der Waals surface area contributed by atoms with E-state index in [4.69, 9.17) is 21.7 Å².